The third-order valence-corrected chi connectivity index (χ3v) is 6.33. The quantitative estimate of drug-likeness (QED) is 0.494. The number of amides is 1. The molecule has 3 aromatic heterocycles. The summed E-state index contributed by atoms with van der Waals surface area (Å²) in [5.41, 5.74) is 5.27. The number of benzene rings is 1. The van der Waals surface area contributed by atoms with Gasteiger partial charge in [-0.1, -0.05) is 18.2 Å². The van der Waals surface area contributed by atoms with Crippen LogP contribution in [0.25, 0.3) is 22.2 Å². The summed E-state index contributed by atoms with van der Waals surface area (Å²) in [6, 6.07) is 13.7. The van der Waals surface area contributed by atoms with Gasteiger partial charge in [0.15, 0.2) is 0 Å². The number of piperazine rings is 1. The molecule has 1 amide bonds. The molecule has 7 heteroatoms. The predicted octanol–water partition coefficient (Wildman–Crippen LogP) is 3.80. The summed E-state index contributed by atoms with van der Waals surface area (Å²) in [6.07, 6.45) is 1.70. The van der Waals surface area contributed by atoms with E-state index in [2.05, 4.69) is 10.00 Å². The largest absolute Gasteiger partial charge is 0.468 e. The van der Waals surface area contributed by atoms with Crippen LogP contribution in [-0.2, 0) is 13.6 Å². The number of nitrogens with zero attached hydrogens (tertiary/aromatic N) is 5. The lowest BCUT2D eigenvalue weighted by molar-refractivity contribution is 0.0622. The number of rotatable bonds is 4. The topological polar surface area (TPSA) is 67.4 Å². The average Bonchev–Trinajstić information content (AvgIpc) is 3.40. The fourth-order valence-corrected chi connectivity index (χ4v) is 4.53. The third-order valence-electron chi connectivity index (χ3n) is 6.33. The summed E-state index contributed by atoms with van der Waals surface area (Å²) >= 11 is 0. The molecule has 0 N–H and O–H groups in total. The zero-order chi connectivity index (χ0) is 22.2. The molecular formula is C25H27N5O2. The molecular weight excluding hydrogens is 402 g/mol. The second-order valence-corrected chi connectivity index (χ2v) is 8.39. The molecule has 5 rings (SSSR count). The second-order valence-electron chi connectivity index (χ2n) is 8.39. The zero-order valence-electron chi connectivity index (χ0n) is 18.7. The van der Waals surface area contributed by atoms with Gasteiger partial charge >= 0.3 is 0 Å². The van der Waals surface area contributed by atoms with Gasteiger partial charge in [0.1, 0.15) is 5.76 Å². The fraction of sp³-hybridized carbons (Fsp3) is 0.320. The summed E-state index contributed by atoms with van der Waals surface area (Å²) in [5.74, 6) is 1.01. The van der Waals surface area contributed by atoms with Crippen LogP contribution in [0.15, 0.2) is 53.1 Å². The Morgan fingerprint density at radius 1 is 1.06 bits per heavy atom. The van der Waals surface area contributed by atoms with Crippen molar-refractivity contribution in [3.8, 4) is 11.3 Å². The Bertz CT molecular complexity index is 1270. The van der Waals surface area contributed by atoms with E-state index in [1.54, 1.807) is 6.26 Å². The van der Waals surface area contributed by atoms with Gasteiger partial charge in [0.25, 0.3) is 5.91 Å². The van der Waals surface area contributed by atoms with Crippen LogP contribution in [0.4, 0.5) is 0 Å². The van der Waals surface area contributed by atoms with E-state index in [4.69, 9.17) is 9.40 Å². The molecule has 0 spiro atoms. The van der Waals surface area contributed by atoms with Crippen LogP contribution in [-0.4, -0.2) is 56.7 Å². The van der Waals surface area contributed by atoms with Gasteiger partial charge in [-0.15, -0.1) is 0 Å². The highest BCUT2D eigenvalue weighted by Crippen LogP contribution is 2.30. The van der Waals surface area contributed by atoms with Gasteiger partial charge in [-0.2, -0.15) is 5.10 Å². The lowest BCUT2D eigenvalue weighted by Gasteiger charge is -2.34. The highest BCUT2D eigenvalue weighted by molar-refractivity contribution is 6.07. The van der Waals surface area contributed by atoms with Crippen LogP contribution in [0.2, 0.25) is 0 Å². The molecule has 7 nitrogen and oxygen atoms in total. The second kappa shape index (κ2) is 8.24. The highest BCUT2D eigenvalue weighted by atomic mass is 16.3. The van der Waals surface area contributed by atoms with E-state index in [0.29, 0.717) is 18.7 Å². The fourth-order valence-electron chi connectivity index (χ4n) is 4.53. The first-order chi connectivity index (χ1) is 15.5. The maximum Gasteiger partial charge on any atom is 0.254 e. The molecule has 1 aliphatic heterocycles. The van der Waals surface area contributed by atoms with E-state index in [9.17, 15) is 4.79 Å². The lowest BCUT2D eigenvalue weighted by Crippen LogP contribution is -2.48. The van der Waals surface area contributed by atoms with Gasteiger partial charge in [-0.25, -0.2) is 4.98 Å². The third kappa shape index (κ3) is 3.69. The maximum atomic E-state index is 13.6. The SMILES string of the molecule is Cc1nn(C)c(C)c1-c1cc(C(=O)N2CCN(Cc3ccco3)CC2)c2ccccc2n1. The van der Waals surface area contributed by atoms with Crippen molar-refractivity contribution in [3.05, 3.63) is 71.4 Å². The Morgan fingerprint density at radius 2 is 1.84 bits per heavy atom. The Kier molecular flexibility index (Phi) is 5.27. The summed E-state index contributed by atoms with van der Waals surface area (Å²) in [6.45, 7) is 7.82. The molecule has 1 aromatic carbocycles. The van der Waals surface area contributed by atoms with Crippen molar-refractivity contribution >= 4 is 16.8 Å². The molecule has 1 saturated heterocycles. The summed E-state index contributed by atoms with van der Waals surface area (Å²) < 4.78 is 7.33. The monoisotopic (exact) mass is 429 g/mol. The summed E-state index contributed by atoms with van der Waals surface area (Å²) in [4.78, 5) is 22.8. The Hall–Kier alpha value is -3.45. The van der Waals surface area contributed by atoms with E-state index < -0.39 is 0 Å². The van der Waals surface area contributed by atoms with E-state index >= 15 is 0 Å². The summed E-state index contributed by atoms with van der Waals surface area (Å²) in [5, 5.41) is 5.43. The Morgan fingerprint density at radius 3 is 2.53 bits per heavy atom. The molecule has 0 atom stereocenters. The van der Waals surface area contributed by atoms with Crippen LogP contribution in [0.3, 0.4) is 0 Å². The number of hydrogen-bond donors (Lipinski definition) is 0. The van der Waals surface area contributed by atoms with Crippen LogP contribution >= 0.6 is 0 Å². The number of carbonyl (C=O) groups excluding carboxylic acids is 1. The molecule has 32 heavy (non-hydrogen) atoms. The van der Waals surface area contributed by atoms with Crippen LogP contribution in [0.5, 0.6) is 0 Å². The molecule has 0 radical (unpaired) electrons. The van der Waals surface area contributed by atoms with Crippen molar-refractivity contribution in [3.63, 3.8) is 0 Å². The molecule has 0 unspecified atom stereocenters. The van der Waals surface area contributed by atoms with Crippen LogP contribution in [0.1, 0.15) is 27.5 Å². The highest BCUT2D eigenvalue weighted by Gasteiger charge is 2.25. The number of fused-ring (bicyclic) bond motifs is 1. The van der Waals surface area contributed by atoms with E-state index in [-0.39, 0.29) is 5.91 Å². The molecule has 4 aromatic rings. The minimum atomic E-state index is 0.0571. The number of para-hydroxylation sites is 1. The number of furan rings is 1. The molecule has 1 aliphatic rings. The Labute approximate surface area is 187 Å². The first kappa shape index (κ1) is 20.5. The van der Waals surface area contributed by atoms with Gasteiger partial charge in [-0.3, -0.25) is 14.4 Å². The molecule has 0 aliphatic carbocycles. The predicted molar refractivity (Wildman–Crippen MR) is 123 cm³/mol. The molecule has 0 saturated carbocycles. The normalized spacial score (nSPS) is 14.9. The summed E-state index contributed by atoms with van der Waals surface area (Å²) in [7, 11) is 1.93. The molecule has 164 valence electrons. The van der Waals surface area contributed by atoms with E-state index in [1.165, 1.54) is 0 Å². The minimum absolute atomic E-state index is 0.0571. The van der Waals surface area contributed by atoms with Gasteiger partial charge in [0.2, 0.25) is 0 Å². The Balaban J connectivity index is 1.45. The standard InChI is InChI=1S/C25H27N5O2/c1-17-24(18(2)28(3)27-17)23-15-21(20-8-4-5-9-22(20)26-23)25(31)30-12-10-29(11-13-30)16-19-7-6-14-32-19/h4-9,14-15H,10-13,16H2,1-3H3. The van der Waals surface area contributed by atoms with Crippen molar-refractivity contribution in [2.45, 2.75) is 20.4 Å². The van der Waals surface area contributed by atoms with Gasteiger partial charge in [-0.05, 0) is 38.1 Å². The van der Waals surface area contributed by atoms with Crippen LogP contribution in [0, 0.1) is 13.8 Å². The first-order valence-electron chi connectivity index (χ1n) is 11.0. The van der Waals surface area contributed by atoms with Crippen molar-refractivity contribution in [2.24, 2.45) is 7.05 Å². The van der Waals surface area contributed by atoms with Crippen molar-refractivity contribution in [2.75, 3.05) is 26.2 Å². The van der Waals surface area contributed by atoms with E-state index in [0.717, 1.165) is 58.9 Å². The number of aromatic nitrogens is 3. The zero-order valence-corrected chi connectivity index (χ0v) is 18.7. The molecule has 1 fully saturated rings. The van der Waals surface area contributed by atoms with Gasteiger partial charge in [0, 0.05) is 49.9 Å². The molecule has 0 bridgehead atoms. The number of hydrogen-bond acceptors (Lipinski definition) is 5. The van der Waals surface area contributed by atoms with Gasteiger partial charge in [0.05, 0.1) is 35.3 Å². The first-order valence-corrected chi connectivity index (χ1v) is 11.0. The van der Waals surface area contributed by atoms with E-state index in [1.807, 2.05) is 72.9 Å². The number of aryl methyl sites for hydroxylation is 2. The van der Waals surface area contributed by atoms with Crippen molar-refractivity contribution in [1.82, 2.24) is 24.6 Å². The van der Waals surface area contributed by atoms with Crippen molar-refractivity contribution < 1.29 is 9.21 Å². The maximum absolute atomic E-state index is 13.6. The lowest BCUT2D eigenvalue weighted by atomic mass is 10.0. The minimum Gasteiger partial charge on any atom is -0.468 e. The van der Waals surface area contributed by atoms with Gasteiger partial charge < -0.3 is 9.32 Å². The van der Waals surface area contributed by atoms with Crippen molar-refractivity contribution in [1.29, 1.82) is 0 Å². The smallest absolute Gasteiger partial charge is 0.254 e. The average molecular weight is 430 g/mol. The molecule has 4 heterocycles. The van der Waals surface area contributed by atoms with Crippen LogP contribution < -0.4 is 0 Å². The number of carbonyl (C=O) groups is 1. The number of pyridine rings is 1.